The Balaban J connectivity index is 1.57. The summed E-state index contributed by atoms with van der Waals surface area (Å²) >= 11 is 0. The van der Waals surface area contributed by atoms with Crippen LogP contribution in [0, 0.1) is 5.82 Å². The molecule has 3 rings (SSSR count). The number of rotatable bonds is 5. The van der Waals surface area contributed by atoms with Crippen LogP contribution in [0.2, 0.25) is 0 Å². The van der Waals surface area contributed by atoms with Crippen molar-refractivity contribution in [2.45, 2.75) is 6.42 Å². The van der Waals surface area contributed by atoms with Crippen LogP contribution in [0.15, 0.2) is 36.4 Å². The number of nitrogens with one attached hydrogen (secondary N) is 1. The molecule has 0 fully saturated rings. The third kappa shape index (κ3) is 4.66. The van der Waals surface area contributed by atoms with Gasteiger partial charge in [-0.1, -0.05) is 0 Å². The molecular formula is C19H18FNO6. The van der Waals surface area contributed by atoms with E-state index in [1.54, 1.807) is 18.2 Å². The standard InChI is InChI=1S/C19H18FNO6/c1-24-13-4-5-14(15(20)10-13)19(23)27-11-18(22)21-12-3-6-16-17(9-12)26-8-2-7-25-16/h3-6,9-10H,2,7-8,11H2,1H3,(H,21,22). The van der Waals surface area contributed by atoms with Crippen LogP contribution < -0.4 is 19.5 Å². The molecule has 0 spiro atoms. The second-order valence-electron chi connectivity index (χ2n) is 5.68. The summed E-state index contributed by atoms with van der Waals surface area (Å²) in [7, 11) is 1.39. The lowest BCUT2D eigenvalue weighted by atomic mass is 10.2. The lowest BCUT2D eigenvalue weighted by Crippen LogP contribution is -2.21. The minimum atomic E-state index is -0.941. The summed E-state index contributed by atoms with van der Waals surface area (Å²) in [4.78, 5) is 23.9. The lowest BCUT2D eigenvalue weighted by molar-refractivity contribution is -0.119. The van der Waals surface area contributed by atoms with Crippen molar-refractivity contribution >= 4 is 17.6 Å². The van der Waals surface area contributed by atoms with Crippen molar-refractivity contribution in [3.8, 4) is 17.2 Å². The minimum Gasteiger partial charge on any atom is -0.497 e. The first-order chi connectivity index (χ1) is 13.1. The van der Waals surface area contributed by atoms with E-state index in [1.807, 2.05) is 0 Å². The van der Waals surface area contributed by atoms with Crippen LogP contribution >= 0.6 is 0 Å². The molecule has 7 nitrogen and oxygen atoms in total. The highest BCUT2D eigenvalue weighted by Crippen LogP contribution is 2.32. The van der Waals surface area contributed by atoms with Crippen LogP contribution in [-0.2, 0) is 9.53 Å². The number of amides is 1. The molecule has 0 aliphatic carbocycles. The zero-order valence-corrected chi connectivity index (χ0v) is 14.6. The molecule has 0 saturated heterocycles. The molecule has 0 aromatic heterocycles. The van der Waals surface area contributed by atoms with Gasteiger partial charge >= 0.3 is 5.97 Å². The van der Waals surface area contributed by atoms with Gasteiger partial charge in [0.2, 0.25) is 0 Å². The van der Waals surface area contributed by atoms with E-state index in [9.17, 15) is 14.0 Å². The Morgan fingerprint density at radius 2 is 1.89 bits per heavy atom. The summed E-state index contributed by atoms with van der Waals surface area (Å²) in [5.74, 6) is -0.885. The van der Waals surface area contributed by atoms with Crippen LogP contribution in [0.4, 0.5) is 10.1 Å². The van der Waals surface area contributed by atoms with Crippen LogP contribution in [0.25, 0.3) is 0 Å². The maximum absolute atomic E-state index is 13.8. The summed E-state index contributed by atoms with van der Waals surface area (Å²) in [6.07, 6.45) is 0.772. The molecule has 0 bridgehead atoms. The Hall–Kier alpha value is -3.29. The number of fused-ring (bicyclic) bond motifs is 1. The molecule has 2 aromatic carbocycles. The average Bonchev–Trinajstić information content (AvgIpc) is 2.91. The summed E-state index contributed by atoms with van der Waals surface area (Å²) < 4.78 is 34.6. The second kappa shape index (κ2) is 8.39. The number of carbonyl (C=O) groups is 2. The SMILES string of the molecule is COc1ccc(C(=O)OCC(=O)Nc2ccc3c(c2)OCCCO3)c(F)c1. The zero-order chi connectivity index (χ0) is 19.2. The number of hydrogen-bond acceptors (Lipinski definition) is 6. The van der Waals surface area contributed by atoms with Gasteiger partial charge in [-0.2, -0.15) is 0 Å². The summed E-state index contributed by atoms with van der Waals surface area (Å²) in [5.41, 5.74) is 0.190. The summed E-state index contributed by atoms with van der Waals surface area (Å²) in [5, 5.41) is 2.59. The highest BCUT2D eigenvalue weighted by Gasteiger charge is 2.16. The lowest BCUT2D eigenvalue weighted by Gasteiger charge is -2.11. The van der Waals surface area contributed by atoms with Gasteiger partial charge in [0.15, 0.2) is 18.1 Å². The van der Waals surface area contributed by atoms with E-state index in [4.69, 9.17) is 18.9 Å². The normalized spacial score (nSPS) is 12.7. The van der Waals surface area contributed by atoms with Crippen molar-refractivity contribution in [2.24, 2.45) is 0 Å². The Kier molecular flexibility index (Phi) is 5.75. The van der Waals surface area contributed by atoms with Gasteiger partial charge in [0.05, 0.1) is 25.9 Å². The minimum absolute atomic E-state index is 0.274. The van der Waals surface area contributed by atoms with Crippen molar-refractivity contribution in [3.63, 3.8) is 0 Å². The fraction of sp³-hybridized carbons (Fsp3) is 0.263. The fourth-order valence-corrected chi connectivity index (χ4v) is 2.44. The van der Waals surface area contributed by atoms with Gasteiger partial charge in [0.1, 0.15) is 11.6 Å². The third-order valence-corrected chi connectivity index (χ3v) is 3.76. The molecule has 1 N–H and O–H groups in total. The largest absolute Gasteiger partial charge is 0.497 e. The highest BCUT2D eigenvalue weighted by atomic mass is 19.1. The monoisotopic (exact) mass is 375 g/mol. The summed E-state index contributed by atoms with van der Waals surface area (Å²) in [6.45, 7) is 0.532. The topological polar surface area (TPSA) is 83.1 Å². The van der Waals surface area contributed by atoms with E-state index in [2.05, 4.69) is 5.32 Å². The average molecular weight is 375 g/mol. The number of hydrogen-bond donors (Lipinski definition) is 1. The molecule has 1 aliphatic heterocycles. The molecule has 0 saturated carbocycles. The predicted molar refractivity (Wildman–Crippen MR) is 93.9 cm³/mol. The maximum Gasteiger partial charge on any atom is 0.341 e. The first-order valence-corrected chi connectivity index (χ1v) is 8.27. The summed E-state index contributed by atoms with van der Waals surface area (Å²) in [6, 6.07) is 8.69. The van der Waals surface area contributed by atoms with Gasteiger partial charge < -0.3 is 24.3 Å². The van der Waals surface area contributed by atoms with Gasteiger partial charge in [0.25, 0.3) is 5.91 Å². The van der Waals surface area contributed by atoms with Gasteiger partial charge in [-0.25, -0.2) is 9.18 Å². The highest BCUT2D eigenvalue weighted by molar-refractivity contribution is 5.95. The quantitative estimate of drug-likeness (QED) is 0.809. The molecule has 1 aliphatic rings. The Bertz CT molecular complexity index is 854. The van der Waals surface area contributed by atoms with Gasteiger partial charge in [-0.15, -0.1) is 0 Å². The van der Waals surface area contributed by atoms with Gasteiger partial charge in [0, 0.05) is 24.2 Å². The fourth-order valence-electron chi connectivity index (χ4n) is 2.44. The zero-order valence-electron chi connectivity index (χ0n) is 14.6. The molecule has 1 amide bonds. The molecule has 27 heavy (non-hydrogen) atoms. The van der Waals surface area contributed by atoms with Crippen LogP contribution in [0.5, 0.6) is 17.2 Å². The number of benzene rings is 2. The molecule has 1 heterocycles. The first kappa shape index (κ1) is 18.5. The van der Waals surface area contributed by atoms with Gasteiger partial charge in [-0.05, 0) is 24.3 Å². The van der Waals surface area contributed by atoms with E-state index in [1.165, 1.54) is 19.2 Å². The molecule has 0 atom stereocenters. The van der Waals surface area contributed by atoms with Crippen LogP contribution in [0.3, 0.4) is 0 Å². The van der Waals surface area contributed by atoms with Crippen LogP contribution in [-0.4, -0.2) is 38.8 Å². The third-order valence-electron chi connectivity index (χ3n) is 3.76. The van der Waals surface area contributed by atoms with Crippen molar-refractivity contribution in [2.75, 3.05) is 32.2 Å². The number of ether oxygens (including phenoxy) is 4. The predicted octanol–water partition coefficient (Wildman–Crippen LogP) is 2.79. The Morgan fingerprint density at radius 3 is 2.63 bits per heavy atom. The van der Waals surface area contributed by atoms with Crippen LogP contribution in [0.1, 0.15) is 16.8 Å². The van der Waals surface area contributed by atoms with Crippen molar-refractivity contribution in [1.82, 2.24) is 0 Å². The molecule has 0 unspecified atom stereocenters. The van der Waals surface area contributed by atoms with E-state index in [-0.39, 0.29) is 11.3 Å². The molecule has 2 aromatic rings. The molecule has 0 radical (unpaired) electrons. The molecule has 8 heteroatoms. The maximum atomic E-state index is 13.8. The first-order valence-electron chi connectivity index (χ1n) is 8.27. The number of methoxy groups -OCH3 is 1. The molecule has 142 valence electrons. The van der Waals surface area contributed by atoms with E-state index in [0.29, 0.717) is 30.4 Å². The van der Waals surface area contributed by atoms with E-state index >= 15 is 0 Å². The number of anilines is 1. The van der Waals surface area contributed by atoms with Crippen molar-refractivity contribution in [1.29, 1.82) is 0 Å². The Morgan fingerprint density at radius 1 is 1.11 bits per heavy atom. The second-order valence-corrected chi connectivity index (χ2v) is 5.68. The number of carbonyl (C=O) groups excluding carboxylic acids is 2. The van der Waals surface area contributed by atoms with E-state index in [0.717, 1.165) is 12.5 Å². The van der Waals surface area contributed by atoms with E-state index < -0.39 is 24.3 Å². The number of halogens is 1. The van der Waals surface area contributed by atoms with Crippen molar-refractivity contribution < 1.29 is 32.9 Å². The van der Waals surface area contributed by atoms with Gasteiger partial charge in [-0.3, -0.25) is 4.79 Å². The molecular weight excluding hydrogens is 357 g/mol. The Labute approximate surface area is 155 Å². The smallest absolute Gasteiger partial charge is 0.341 e. The number of esters is 1. The van der Waals surface area contributed by atoms with Crippen molar-refractivity contribution in [3.05, 3.63) is 47.8 Å².